The SMILES string of the molecule is CCCCCOc1cccc(C(=O)c2c(-c3ccc(OCCN4CCCCC4)cc3)c3ccccc3[s+]2[O-])c1. The summed E-state index contributed by atoms with van der Waals surface area (Å²) >= 11 is 0. The van der Waals surface area contributed by atoms with Crippen LogP contribution in [0.5, 0.6) is 11.5 Å². The van der Waals surface area contributed by atoms with E-state index in [4.69, 9.17) is 9.47 Å². The molecule has 5 rings (SSSR count). The molecule has 0 saturated carbocycles. The van der Waals surface area contributed by atoms with Gasteiger partial charge in [0.25, 0.3) is 0 Å². The van der Waals surface area contributed by atoms with Crippen LogP contribution in [-0.2, 0) is 0 Å². The van der Waals surface area contributed by atoms with Crippen molar-refractivity contribution in [3.8, 4) is 22.6 Å². The molecule has 1 fully saturated rings. The van der Waals surface area contributed by atoms with E-state index in [1.54, 1.807) is 12.1 Å². The summed E-state index contributed by atoms with van der Waals surface area (Å²) < 4.78 is 26.2. The minimum absolute atomic E-state index is 0.236. The number of likely N-dealkylation sites (tertiary alicyclic amines) is 1. The van der Waals surface area contributed by atoms with E-state index in [9.17, 15) is 9.35 Å². The maximum atomic E-state index is 13.9. The summed E-state index contributed by atoms with van der Waals surface area (Å²) in [5, 5.41) is 0.838. The highest BCUT2D eigenvalue weighted by molar-refractivity contribution is 7.33. The highest BCUT2D eigenvalue weighted by Gasteiger charge is 2.30. The van der Waals surface area contributed by atoms with E-state index in [0.717, 1.165) is 61.2 Å². The molecule has 204 valence electrons. The number of carbonyl (C=O) groups is 1. The molecule has 6 heteroatoms. The molecule has 1 saturated heterocycles. The second-order valence-electron chi connectivity index (χ2n) is 10.2. The van der Waals surface area contributed by atoms with Gasteiger partial charge in [0.1, 0.15) is 18.1 Å². The van der Waals surface area contributed by atoms with Crippen molar-refractivity contribution in [2.45, 2.75) is 45.4 Å². The number of rotatable bonds is 12. The molecule has 1 unspecified atom stereocenters. The number of fused-ring (bicyclic) bond motifs is 1. The van der Waals surface area contributed by atoms with Gasteiger partial charge >= 0.3 is 0 Å². The number of nitrogens with zero attached hydrogens (tertiary/aromatic N) is 1. The topological polar surface area (TPSA) is 61.8 Å². The van der Waals surface area contributed by atoms with E-state index >= 15 is 0 Å². The van der Waals surface area contributed by atoms with Gasteiger partial charge in [-0.1, -0.05) is 62.6 Å². The average molecular weight is 544 g/mol. The molecule has 0 amide bonds. The van der Waals surface area contributed by atoms with Crippen molar-refractivity contribution in [3.63, 3.8) is 0 Å². The van der Waals surface area contributed by atoms with E-state index < -0.39 is 10.8 Å². The van der Waals surface area contributed by atoms with Crippen LogP contribution in [0.3, 0.4) is 0 Å². The molecule has 0 bridgehead atoms. The summed E-state index contributed by atoms with van der Waals surface area (Å²) in [7, 11) is -1.57. The first-order chi connectivity index (χ1) is 19.2. The maximum absolute atomic E-state index is 13.9. The van der Waals surface area contributed by atoms with E-state index in [0.29, 0.717) is 34.1 Å². The zero-order chi connectivity index (χ0) is 27.0. The van der Waals surface area contributed by atoms with E-state index in [-0.39, 0.29) is 5.78 Å². The smallest absolute Gasteiger partial charge is 0.245 e. The van der Waals surface area contributed by atoms with Gasteiger partial charge in [0.2, 0.25) is 10.7 Å². The van der Waals surface area contributed by atoms with Gasteiger partial charge in [-0.2, -0.15) is 0 Å². The summed E-state index contributed by atoms with van der Waals surface area (Å²) in [4.78, 5) is 16.6. The van der Waals surface area contributed by atoms with Crippen LogP contribution in [0.15, 0.2) is 72.8 Å². The summed E-state index contributed by atoms with van der Waals surface area (Å²) in [6.07, 6.45) is 7.06. The number of hydrogen-bond donors (Lipinski definition) is 0. The summed E-state index contributed by atoms with van der Waals surface area (Å²) in [5.74, 6) is 1.22. The number of thiophene rings is 1. The summed E-state index contributed by atoms with van der Waals surface area (Å²) in [6.45, 7) is 6.65. The second kappa shape index (κ2) is 13.2. The average Bonchev–Trinajstić information content (AvgIpc) is 3.28. The molecule has 5 nitrogen and oxygen atoms in total. The second-order valence-corrected chi connectivity index (χ2v) is 11.5. The molecule has 1 aliphatic heterocycles. The first-order valence-corrected chi connectivity index (χ1v) is 15.3. The fraction of sp³-hybridized carbons (Fsp3) is 0.364. The maximum Gasteiger partial charge on any atom is 0.245 e. The van der Waals surface area contributed by atoms with Gasteiger partial charge in [0.05, 0.1) is 12.2 Å². The Bertz CT molecular complexity index is 1390. The largest absolute Gasteiger partial charge is 0.590 e. The Balaban J connectivity index is 1.39. The van der Waals surface area contributed by atoms with Crippen LogP contribution in [-0.4, -0.2) is 48.1 Å². The van der Waals surface area contributed by atoms with Crippen molar-refractivity contribution in [1.29, 1.82) is 0 Å². The molecular formula is C33H37NO4S. The summed E-state index contributed by atoms with van der Waals surface area (Å²) in [6, 6.07) is 22.6. The fourth-order valence-electron chi connectivity index (χ4n) is 5.24. The zero-order valence-corrected chi connectivity index (χ0v) is 23.5. The van der Waals surface area contributed by atoms with Crippen molar-refractivity contribution in [2.24, 2.45) is 0 Å². The molecular weight excluding hydrogens is 506 g/mol. The van der Waals surface area contributed by atoms with Crippen LogP contribution in [0.1, 0.15) is 60.7 Å². The third-order valence-corrected chi connectivity index (χ3v) is 8.87. The third-order valence-electron chi connectivity index (χ3n) is 7.36. The van der Waals surface area contributed by atoms with Crippen LogP contribution < -0.4 is 9.47 Å². The Morgan fingerprint density at radius 1 is 0.872 bits per heavy atom. The van der Waals surface area contributed by atoms with Gasteiger partial charge < -0.3 is 14.0 Å². The van der Waals surface area contributed by atoms with Crippen LogP contribution in [0.2, 0.25) is 0 Å². The first-order valence-electron chi connectivity index (χ1n) is 14.1. The van der Waals surface area contributed by atoms with Gasteiger partial charge in [-0.3, -0.25) is 9.69 Å². The van der Waals surface area contributed by atoms with E-state index in [1.165, 1.54) is 19.3 Å². The van der Waals surface area contributed by atoms with Crippen LogP contribution in [0.25, 0.3) is 21.2 Å². The third kappa shape index (κ3) is 6.52. The number of unbranched alkanes of at least 4 members (excludes halogenated alkanes) is 2. The van der Waals surface area contributed by atoms with E-state index in [1.807, 2.05) is 60.7 Å². The molecule has 39 heavy (non-hydrogen) atoms. The van der Waals surface area contributed by atoms with Crippen LogP contribution >= 0.6 is 10.8 Å². The van der Waals surface area contributed by atoms with Crippen molar-refractivity contribution in [3.05, 3.63) is 83.2 Å². The van der Waals surface area contributed by atoms with Gasteiger partial charge in [0, 0.05) is 17.5 Å². The highest BCUT2D eigenvalue weighted by Crippen LogP contribution is 2.45. The Kier molecular flexibility index (Phi) is 9.30. The van der Waals surface area contributed by atoms with Crippen molar-refractivity contribution in [1.82, 2.24) is 4.90 Å². The quantitative estimate of drug-likeness (QED) is 0.103. The number of carbonyl (C=O) groups excluding carboxylic acids is 1. The van der Waals surface area contributed by atoms with Crippen LogP contribution in [0, 0.1) is 0 Å². The van der Waals surface area contributed by atoms with Gasteiger partial charge in [0.15, 0.2) is 4.70 Å². The Morgan fingerprint density at radius 3 is 2.44 bits per heavy atom. The molecule has 0 aliphatic carbocycles. The number of ketones is 1. The van der Waals surface area contributed by atoms with Gasteiger partial charge in [-0.05, 0) is 85.1 Å². The fourth-order valence-corrected chi connectivity index (χ4v) is 6.73. The number of piperidine rings is 1. The number of hydrogen-bond acceptors (Lipinski definition) is 5. The lowest BCUT2D eigenvalue weighted by molar-refractivity contribution is 0.104. The Labute approximate surface area is 234 Å². The predicted octanol–water partition coefficient (Wildman–Crippen LogP) is 7.90. The number of benzene rings is 3. The molecule has 4 aromatic rings. The van der Waals surface area contributed by atoms with Gasteiger partial charge in [-0.25, -0.2) is 0 Å². The lowest BCUT2D eigenvalue weighted by atomic mass is 9.98. The van der Waals surface area contributed by atoms with Crippen LogP contribution in [0.4, 0.5) is 0 Å². The zero-order valence-electron chi connectivity index (χ0n) is 22.7. The normalized spacial score (nSPS) is 14.5. The predicted molar refractivity (Wildman–Crippen MR) is 159 cm³/mol. The van der Waals surface area contributed by atoms with Crippen molar-refractivity contribution < 1.29 is 18.8 Å². The van der Waals surface area contributed by atoms with Gasteiger partial charge in [-0.15, -0.1) is 0 Å². The first kappa shape index (κ1) is 27.4. The number of ether oxygens (including phenoxy) is 2. The van der Waals surface area contributed by atoms with E-state index in [2.05, 4.69) is 11.8 Å². The standard InChI is InChI=1S/C33H37NO4S/c1-2-3-9-22-37-28-12-10-11-26(24-28)32(35)33-31(29-13-5-6-14-30(29)39(33)36)25-15-17-27(18-16-25)38-23-21-34-19-7-4-8-20-34/h5-6,10-18,24H,2-4,7-9,19-23H2,1H3. The molecule has 1 atom stereocenters. The molecule has 0 spiro atoms. The molecule has 1 aliphatic rings. The molecule has 0 radical (unpaired) electrons. The summed E-state index contributed by atoms with van der Waals surface area (Å²) in [5.41, 5.74) is 2.06. The monoisotopic (exact) mass is 543 g/mol. The lowest BCUT2D eigenvalue weighted by Gasteiger charge is -2.26. The minimum atomic E-state index is -1.57. The Hall–Kier alpha value is -3.19. The minimum Gasteiger partial charge on any atom is -0.590 e. The molecule has 0 N–H and O–H groups in total. The highest BCUT2D eigenvalue weighted by atomic mass is 32.2. The molecule has 1 aromatic heterocycles. The molecule has 3 aromatic carbocycles. The Morgan fingerprint density at radius 2 is 1.64 bits per heavy atom. The van der Waals surface area contributed by atoms with Crippen molar-refractivity contribution in [2.75, 3.05) is 32.8 Å². The lowest BCUT2D eigenvalue weighted by Crippen LogP contribution is -2.33. The van der Waals surface area contributed by atoms with Crippen molar-refractivity contribution >= 4 is 26.6 Å². The molecule has 2 heterocycles.